The van der Waals surface area contributed by atoms with Crippen LogP contribution >= 0.6 is 0 Å². The molecule has 0 N–H and O–H groups in total. The first-order chi connectivity index (χ1) is 13.0. The fourth-order valence-electron chi connectivity index (χ4n) is 3.25. The van der Waals surface area contributed by atoms with Gasteiger partial charge in [0.15, 0.2) is 0 Å². The van der Waals surface area contributed by atoms with E-state index in [1.54, 1.807) is 0 Å². The van der Waals surface area contributed by atoms with E-state index >= 15 is 0 Å². The van der Waals surface area contributed by atoms with Crippen molar-refractivity contribution in [2.45, 2.75) is 47.0 Å². The van der Waals surface area contributed by atoms with E-state index < -0.39 is 0 Å². The van der Waals surface area contributed by atoms with Crippen LogP contribution in [0.1, 0.15) is 41.5 Å². The summed E-state index contributed by atoms with van der Waals surface area (Å²) in [5.74, 6) is 0. The maximum absolute atomic E-state index is 3.64. The van der Waals surface area contributed by atoms with Gasteiger partial charge in [0.05, 0.1) is 0 Å². The topological polar surface area (TPSA) is 0 Å². The van der Waals surface area contributed by atoms with Gasteiger partial charge in [0.25, 0.3) is 0 Å². The van der Waals surface area contributed by atoms with E-state index in [0.29, 0.717) is 0 Å². The molecule has 0 spiro atoms. The Balaban J connectivity index is 0. The summed E-state index contributed by atoms with van der Waals surface area (Å²) in [6, 6.07) is 21.7. The monoisotopic (exact) mass is 516 g/mol. The first-order valence-electron chi connectivity index (χ1n) is 9.81. The van der Waals surface area contributed by atoms with E-state index in [1.807, 2.05) is 0 Å². The third kappa shape index (κ3) is 8.34. The second-order valence-electron chi connectivity index (χ2n) is 7.17. The molecular formula is C27H32Cl2Zr-4. The zero-order chi connectivity index (χ0) is 19.8. The molecule has 0 atom stereocenters. The van der Waals surface area contributed by atoms with Crippen LogP contribution in [0.25, 0.3) is 21.5 Å². The van der Waals surface area contributed by atoms with Crippen LogP contribution in [0, 0.1) is 41.5 Å². The van der Waals surface area contributed by atoms with E-state index in [-0.39, 0.29) is 51.0 Å². The number of unbranched alkanes of at least 4 members (excludes halogenated alkanes) is 2. The summed E-state index contributed by atoms with van der Waals surface area (Å²) < 4.78 is 0. The Hall–Kier alpha value is -0.877. The van der Waals surface area contributed by atoms with Gasteiger partial charge in [0.2, 0.25) is 0 Å². The summed E-state index contributed by atoms with van der Waals surface area (Å²) in [4.78, 5) is 0. The normalized spacial score (nSPS) is 9.27. The van der Waals surface area contributed by atoms with Crippen molar-refractivity contribution < 1.29 is 51.0 Å². The number of hydrogen-bond acceptors (Lipinski definition) is 0. The third-order valence-electron chi connectivity index (χ3n) is 5.00. The number of benzene rings is 2. The Morgan fingerprint density at radius 1 is 0.600 bits per heavy atom. The molecule has 0 radical (unpaired) electrons. The molecule has 0 aliphatic rings. The largest absolute Gasteiger partial charge is 2.00 e. The summed E-state index contributed by atoms with van der Waals surface area (Å²) in [5, 5.41) is 5.57. The van der Waals surface area contributed by atoms with Crippen molar-refractivity contribution in [2.24, 2.45) is 0 Å². The van der Waals surface area contributed by atoms with Crippen LogP contribution < -0.4 is 24.8 Å². The standard InChI is InChI=1S/2C11H11.C5H10.2ClH.Zr/c2*1-8-6-7-9(2)11-5-3-4-10(8)11;1-3-5-4-2;;;/h2*3-7H,1-2H3;1-5H2;2*1H;/q2*-1;-2;;;+2/p-2. The van der Waals surface area contributed by atoms with Gasteiger partial charge >= 0.3 is 26.2 Å². The van der Waals surface area contributed by atoms with Gasteiger partial charge in [-0.1, -0.05) is 37.1 Å². The van der Waals surface area contributed by atoms with Crippen LogP contribution in [0.4, 0.5) is 0 Å². The van der Waals surface area contributed by atoms with Gasteiger partial charge < -0.3 is 38.7 Å². The molecule has 0 aliphatic heterocycles. The molecule has 0 aliphatic carbocycles. The molecule has 162 valence electrons. The van der Waals surface area contributed by atoms with Crippen LogP contribution in [0.2, 0.25) is 0 Å². The smallest absolute Gasteiger partial charge is 1.00 e. The van der Waals surface area contributed by atoms with E-state index in [4.69, 9.17) is 0 Å². The first kappa shape index (κ1) is 31.3. The number of hydrogen-bond donors (Lipinski definition) is 0. The summed E-state index contributed by atoms with van der Waals surface area (Å²) in [5.41, 5.74) is 5.48. The van der Waals surface area contributed by atoms with Gasteiger partial charge in [-0.2, -0.15) is 37.1 Å². The Morgan fingerprint density at radius 3 is 1.20 bits per heavy atom. The van der Waals surface area contributed by atoms with Crippen molar-refractivity contribution in [3.05, 3.63) is 96.8 Å². The molecule has 30 heavy (non-hydrogen) atoms. The van der Waals surface area contributed by atoms with E-state index in [9.17, 15) is 0 Å². The van der Waals surface area contributed by atoms with Crippen molar-refractivity contribution in [2.75, 3.05) is 0 Å². The molecule has 0 aromatic heterocycles. The van der Waals surface area contributed by atoms with Crippen LogP contribution in [0.3, 0.4) is 0 Å². The second-order valence-corrected chi connectivity index (χ2v) is 7.17. The molecule has 0 nitrogen and oxygen atoms in total. The molecule has 0 saturated carbocycles. The average molecular weight is 519 g/mol. The molecule has 0 unspecified atom stereocenters. The van der Waals surface area contributed by atoms with Gasteiger partial charge in [-0.25, -0.2) is 0 Å². The van der Waals surface area contributed by atoms with Crippen LogP contribution in [-0.2, 0) is 26.2 Å². The maximum Gasteiger partial charge on any atom is 2.00 e. The van der Waals surface area contributed by atoms with Gasteiger partial charge in [0, 0.05) is 0 Å². The van der Waals surface area contributed by atoms with Crippen molar-refractivity contribution in [3.8, 4) is 0 Å². The molecule has 0 saturated heterocycles. The number of aryl methyl sites for hydroxylation is 4. The molecular weight excluding hydrogens is 486 g/mol. The molecule has 0 amide bonds. The Kier molecular flexibility index (Phi) is 16.5. The SMILES string of the molecule is Cc1ccc(C)c2[cH-]ccc12.Cc1ccc(C)c2[cH-]ccc12.[CH2-]CCC[CH2-].[Cl-].[Cl-].[Zr+2]. The quantitative estimate of drug-likeness (QED) is 0.357. The molecule has 0 heterocycles. The average Bonchev–Trinajstić information content (AvgIpc) is 3.34. The minimum atomic E-state index is 0. The van der Waals surface area contributed by atoms with Crippen molar-refractivity contribution >= 4 is 21.5 Å². The molecule has 4 aromatic rings. The Bertz CT molecular complexity index is 827. The predicted molar refractivity (Wildman–Crippen MR) is 123 cm³/mol. The summed E-state index contributed by atoms with van der Waals surface area (Å²) in [7, 11) is 0. The minimum absolute atomic E-state index is 0. The van der Waals surface area contributed by atoms with Crippen molar-refractivity contribution in [1.29, 1.82) is 0 Å². The summed E-state index contributed by atoms with van der Waals surface area (Å²) >= 11 is 0. The van der Waals surface area contributed by atoms with Crippen LogP contribution in [0.5, 0.6) is 0 Å². The third-order valence-corrected chi connectivity index (χ3v) is 5.00. The molecule has 4 aromatic carbocycles. The second kappa shape index (κ2) is 15.9. The van der Waals surface area contributed by atoms with Gasteiger partial charge in [-0.15, -0.1) is 63.4 Å². The predicted octanol–water partition coefficient (Wildman–Crippen LogP) is 2.18. The Labute approximate surface area is 215 Å². The van der Waals surface area contributed by atoms with Gasteiger partial charge in [-0.05, 0) is 13.8 Å². The number of halogens is 2. The van der Waals surface area contributed by atoms with Crippen LogP contribution in [-0.4, -0.2) is 0 Å². The molecule has 0 fully saturated rings. The zero-order valence-electron chi connectivity index (χ0n) is 18.6. The fourth-order valence-corrected chi connectivity index (χ4v) is 3.25. The summed E-state index contributed by atoms with van der Waals surface area (Å²) in [6.07, 6.45) is 3.23. The fraction of sp³-hybridized carbons (Fsp3) is 0.259. The zero-order valence-corrected chi connectivity index (χ0v) is 22.5. The van der Waals surface area contributed by atoms with E-state index in [0.717, 1.165) is 12.8 Å². The first-order valence-corrected chi connectivity index (χ1v) is 9.81. The van der Waals surface area contributed by atoms with Gasteiger partial charge in [0.1, 0.15) is 0 Å². The minimum Gasteiger partial charge on any atom is -1.00 e. The summed E-state index contributed by atoms with van der Waals surface area (Å²) in [6.45, 7) is 15.9. The van der Waals surface area contributed by atoms with Gasteiger partial charge in [-0.3, -0.25) is 0 Å². The van der Waals surface area contributed by atoms with E-state index in [2.05, 4.69) is 102 Å². The Morgan fingerprint density at radius 2 is 0.933 bits per heavy atom. The van der Waals surface area contributed by atoms with Crippen LogP contribution in [0.15, 0.2) is 60.7 Å². The molecule has 4 rings (SSSR count). The van der Waals surface area contributed by atoms with E-state index in [1.165, 1.54) is 50.2 Å². The maximum atomic E-state index is 3.64. The number of fused-ring (bicyclic) bond motifs is 2. The molecule has 0 bridgehead atoms. The number of rotatable bonds is 2. The molecule has 3 heteroatoms. The van der Waals surface area contributed by atoms with Crippen molar-refractivity contribution in [3.63, 3.8) is 0 Å². The van der Waals surface area contributed by atoms with Crippen molar-refractivity contribution in [1.82, 2.24) is 0 Å².